The molecule has 0 unspecified atom stereocenters. The van der Waals surface area contributed by atoms with E-state index in [1.165, 1.54) is 0 Å². The van der Waals surface area contributed by atoms with Gasteiger partial charge in [0.1, 0.15) is 12.6 Å². The fourth-order valence-electron chi connectivity index (χ4n) is 4.39. The molecule has 1 N–H and O–H groups in total. The van der Waals surface area contributed by atoms with Crippen LogP contribution in [-0.4, -0.2) is 61.3 Å². The third kappa shape index (κ3) is 3.65. The summed E-state index contributed by atoms with van der Waals surface area (Å²) in [6.07, 6.45) is -13.0. The first kappa shape index (κ1) is 23.9. The van der Waals surface area contributed by atoms with Crippen LogP contribution in [0.15, 0.2) is 48.5 Å². The van der Waals surface area contributed by atoms with Crippen molar-refractivity contribution >= 4 is 12.1 Å². The highest BCUT2D eigenvalue weighted by molar-refractivity contribution is 5.81. The molecule has 2 aromatic rings. The summed E-state index contributed by atoms with van der Waals surface area (Å²) in [6, 6.07) is 12.9. The second-order valence-corrected chi connectivity index (χ2v) is 7.89. The Morgan fingerprint density at radius 1 is 1.00 bits per heavy atom. The molecule has 1 aliphatic carbocycles. The van der Waals surface area contributed by atoms with Crippen molar-refractivity contribution in [1.29, 1.82) is 0 Å². The molecule has 34 heavy (non-hydrogen) atoms. The summed E-state index contributed by atoms with van der Waals surface area (Å²) in [5, 5.41) is 2.06. The van der Waals surface area contributed by atoms with Crippen LogP contribution in [0.1, 0.15) is 17.0 Å². The molecular weight excluding hydrogens is 470 g/mol. The summed E-state index contributed by atoms with van der Waals surface area (Å²) in [5.41, 5.74) is -1.03. The standard InChI is InChI=1S/C22H18F6N2O4/c1-30-17(18(31)34-20(30,21(23,24)25)22(26,27)28)10-29-19(32)33-11-16-14-8-4-2-6-12(14)13-7-3-5-9-15(13)16/h2-9,16-17H,10-11H2,1H3,(H,29,32)/t17-/m0/s1. The van der Waals surface area contributed by atoms with Gasteiger partial charge in [-0.2, -0.15) is 26.3 Å². The SMILES string of the molecule is CN1[C@@H](CNC(=O)OCC2c3ccccc3-c3ccccc32)C(=O)OC1(C(F)(F)F)C(F)(F)F. The Morgan fingerprint density at radius 3 is 1.97 bits per heavy atom. The van der Waals surface area contributed by atoms with E-state index < -0.39 is 42.7 Å². The van der Waals surface area contributed by atoms with Crippen molar-refractivity contribution in [1.82, 2.24) is 10.2 Å². The number of likely N-dealkylation sites (N-methyl/N-ethyl adjacent to an activating group) is 1. The first-order valence-corrected chi connectivity index (χ1v) is 10.1. The minimum Gasteiger partial charge on any atom is -0.449 e. The Morgan fingerprint density at radius 2 is 1.50 bits per heavy atom. The molecule has 4 rings (SSSR count). The van der Waals surface area contributed by atoms with Crippen molar-refractivity contribution in [2.75, 3.05) is 20.2 Å². The number of halogens is 6. The number of hydrogen-bond donors (Lipinski definition) is 1. The number of nitrogens with zero attached hydrogens (tertiary/aromatic N) is 1. The van der Waals surface area contributed by atoms with Gasteiger partial charge in [0.05, 0.1) is 0 Å². The van der Waals surface area contributed by atoms with Gasteiger partial charge in [-0.25, -0.2) is 9.69 Å². The van der Waals surface area contributed by atoms with Gasteiger partial charge in [0.25, 0.3) is 0 Å². The van der Waals surface area contributed by atoms with Crippen LogP contribution in [0.25, 0.3) is 11.1 Å². The van der Waals surface area contributed by atoms with E-state index in [2.05, 4.69) is 10.1 Å². The molecule has 6 nitrogen and oxygen atoms in total. The third-order valence-electron chi connectivity index (χ3n) is 6.04. The molecule has 0 spiro atoms. The highest BCUT2D eigenvalue weighted by Gasteiger charge is 2.81. The predicted molar refractivity (Wildman–Crippen MR) is 106 cm³/mol. The minimum absolute atomic E-state index is 0.125. The van der Waals surface area contributed by atoms with E-state index in [0.29, 0.717) is 7.05 Å². The molecule has 1 aliphatic heterocycles. The van der Waals surface area contributed by atoms with Crippen LogP contribution >= 0.6 is 0 Å². The van der Waals surface area contributed by atoms with Crippen LogP contribution < -0.4 is 5.32 Å². The van der Waals surface area contributed by atoms with Crippen LogP contribution in [0.3, 0.4) is 0 Å². The van der Waals surface area contributed by atoms with E-state index in [1.807, 2.05) is 48.5 Å². The molecular formula is C22H18F6N2O4. The summed E-state index contributed by atoms with van der Waals surface area (Å²) >= 11 is 0. The van der Waals surface area contributed by atoms with Crippen LogP contribution in [0, 0.1) is 0 Å². The second kappa shape index (κ2) is 8.19. The van der Waals surface area contributed by atoms with Gasteiger partial charge in [0.2, 0.25) is 0 Å². The quantitative estimate of drug-likeness (QED) is 0.516. The second-order valence-electron chi connectivity index (χ2n) is 7.89. The van der Waals surface area contributed by atoms with Crippen molar-refractivity contribution < 1.29 is 45.4 Å². The number of amides is 1. The number of hydrogen-bond acceptors (Lipinski definition) is 5. The number of carbonyl (C=O) groups excluding carboxylic acids is 2. The van der Waals surface area contributed by atoms with Crippen molar-refractivity contribution in [2.45, 2.75) is 30.0 Å². The molecule has 1 heterocycles. The third-order valence-corrected chi connectivity index (χ3v) is 6.04. The van der Waals surface area contributed by atoms with E-state index in [1.54, 1.807) is 0 Å². The molecule has 0 aromatic heterocycles. The molecule has 1 atom stereocenters. The highest BCUT2D eigenvalue weighted by atomic mass is 19.4. The Hall–Kier alpha value is -3.28. The Bertz CT molecular complexity index is 1060. The Balaban J connectivity index is 1.42. The summed E-state index contributed by atoms with van der Waals surface area (Å²) < 4.78 is 88.7. The van der Waals surface area contributed by atoms with Crippen molar-refractivity contribution in [3.63, 3.8) is 0 Å². The number of esters is 1. The summed E-state index contributed by atoms with van der Waals surface area (Å²) in [6.45, 7) is -1.00. The Labute approximate surface area is 189 Å². The van der Waals surface area contributed by atoms with Gasteiger partial charge in [0, 0.05) is 12.5 Å². The zero-order valence-corrected chi connectivity index (χ0v) is 17.5. The molecule has 1 fully saturated rings. The zero-order valence-electron chi connectivity index (χ0n) is 17.5. The molecule has 0 bridgehead atoms. The number of cyclic esters (lactones) is 1. The van der Waals surface area contributed by atoms with E-state index >= 15 is 0 Å². The maximum absolute atomic E-state index is 13.3. The fourth-order valence-corrected chi connectivity index (χ4v) is 4.39. The van der Waals surface area contributed by atoms with Crippen LogP contribution in [0.5, 0.6) is 0 Å². The minimum atomic E-state index is -5.95. The first-order chi connectivity index (χ1) is 15.9. The van der Waals surface area contributed by atoms with Gasteiger partial charge >= 0.3 is 30.1 Å². The molecule has 12 heteroatoms. The molecule has 0 radical (unpaired) electrons. The molecule has 2 aromatic carbocycles. The van der Waals surface area contributed by atoms with Gasteiger partial charge in [-0.3, -0.25) is 4.79 Å². The van der Waals surface area contributed by atoms with E-state index in [-0.39, 0.29) is 17.4 Å². The van der Waals surface area contributed by atoms with E-state index in [4.69, 9.17) is 4.74 Å². The normalized spacial score (nSPS) is 20.0. The maximum Gasteiger partial charge on any atom is 0.453 e. The predicted octanol–water partition coefficient (Wildman–Crippen LogP) is 4.20. The highest BCUT2D eigenvalue weighted by Crippen LogP contribution is 2.51. The van der Waals surface area contributed by atoms with Gasteiger partial charge in [-0.05, 0) is 29.3 Å². The lowest BCUT2D eigenvalue weighted by Gasteiger charge is -2.37. The van der Waals surface area contributed by atoms with Crippen LogP contribution in [0.2, 0.25) is 0 Å². The molecule has 182 valence electrons. The fraction of sp³-hybridized carbons (Fsp3) is 0.364. The number of fused-ring (bicyclic) bond motifs is 3. The molecule has 2 aliphatic rings. The average molecular weight is 488 g/mol. The summed E-state index contributed by atoms with van der Waals surface area (Å²) in [4.78, 5) is 23.8. The summed E-state index contributed by atoms with van der Waals surface area (Å²) in [7, 11) is 0.454. The number of rotatable bonds is 4. The smallest absolute Gasteiger partial charge is 0.449 e. The van der Waals surface area contributed by atoms with Crippen molar-refractivity contribution in [3.8, 4) is 11.1 Å². The largest absolute Gasteiger partial charge is 0.453 e. The van der Waals surface area contributed by atoms with Crippen molar-refractivity contribution in [3.05, 3.63) is 59.7 Å². The van der Waals surface area contributed by atoms with Gasteiger partial charge in [-0.15, -0.1) is 0 Å². The number of alkyl carbamates (subject to hydrolysis) is 1. The average Bonchev–Trinajstić information content (AvgIpc) is 3.22. The number of benzene rings is 2. The first-order valence-electron chi connectivity index (χ1n) is 10.1. The Kier molecular flexibility index (Phi) is 5.75. The van der Waals surface area contributed by atoms with Crippen LogP contribution in [-0.2, 0) is 14.3 Å². The van der Waals surface area contributed by atoms with Gasteiger partial charge in [-0.1, -0.05) is 48.5 Å². The monoisotopic (exact) mass is 488 g/mol. The van der Waals surface area contributed by atoms with E-state index in [0.717, 1.165) is 22.3 Å². The lowest BCUT2D eigenvalue weighted by molar-refractivity contribution is -0.398. The maximum atomic E-state index is 13.3. The lowest BCUT2D eigenvalue weighted by atomic mass is 9.98. The molecule has 1 saturated heterocycles. The number of nitrogens with one attached hydrogen (secondary N) is 1. The van der Waals surface area contributed by atoms with Crippen molar-refractivity contribution in [2.24, 2.45) is 0 Å². The van der Waals surface area contributed by atoms with E-state index in [9.17, 15) is 35.9 Å². The summed E-state index contributed by atoms with van der Waals surface area (Å²) in [5.74, 6) is -2.07. The van der Waals surface area contributed by atoms with Gasteiger partial charge in [0.15, 0.2) is 0 Å². The van der Waals surface area contributed by atoms with Gasteiger partial charge < -0.3 is 14.8 Å². The number of alkyl halides is 6. The zero-order chi connectivity index (χ0) is 24.9. The topological polar surface area (TPSA) is 67.9 Å². The number of ether oxygens (including phenoxy) is 2. The lowest BCUT2D eigenvalue weighted by Crippen LogP contribution is -2.66. The number of carbonyl (C=O) groups is 2. The van der Waals surface area contributed by atoms with Crippen LogP contribution in [0.4, 0.5) is 31.1 Å². The molecule has 1 amide bonds. The molecule has 0 saturated carbocycles.